The molecule has 1 saturated heterocycles. The standard InChI is InChI=1S/C9H16O2.C4H11NOS/c1-2-4-6-9(5-3-1)10-7-8-11-9;1-4(2,3)7(5)6/h1-8H2;5H2,1-3H3. The molecule has 2 N–H and O–H groups in total. The Labute approximate surface area is 113 Å². The quantitative estimate of drug-likeness (QED) is 0.740. The molecule has 0 bridgehead atoms. The largest absolute Gasteiger partial charge is 0.348 e. The maximum Gasteiger partial charge on any atom is 0.168 e. The summed E-state index contributed by atoms with van der Waals surface area (Å²) in [6, 6.07) is 0. The summed E-state index contributed by atoms with van der Waals surface area (Å²) in [6.45, 7) is 7.12. The van der Waals surface area contributed by atoms with E-state index in [1.54, 1.807) is 0 Å². The lowest BCUT2D eigenvalue weighted by Gasteiger charge is -2.25. The van der Waals surface area contributed by atoms with Crippen molar-refractivity contribution in [2.24, 2.45) is 5.14 Å². The van der Waals surface area contributed by atoms with Crippen LogP contribution in [0.5, 0.6) is 0 Å². The normalized spacial score (nSPS) is 25.1. The van der Waals surface area contributed by atoms with E-state index in [0.717, 1.165) is 26.1 Å². The van der Waals surface area contributed by atoms with E-state index in [0.29, 0.717) is 0 Å². The maximum atomic E-state index is 10.4. The second kappa shape index (κ2) is 6.98. The van der Waals surface area contributed by atoms with Crippen molar-refractivity contribution in [2.75, 3.05) is 13.2 Å². The molecular weight excluding hydrogens is 250 g/mol. The molecule has 2 fully saturated rings. The molecule has 1 heterocycles. The van der Waals surface area contributed by atoms with Gasteiger partial charge in [-0.3, -0.25) is 5.14 Å². The van der Waals surface area contributed by atoms with Gasteiger partial charge in [0.2, 0.25) is 0 Å². The average Bonchev–Trinajstić information content (AvgIpc) is 2.58. The molecule has 2 aliphatic rings. The third kappa shape index (κ3) is 5.34. The summed E-state index contributed by atoms with van der Waals surface area (Å²) in [6.07, 6.45) is 7.50. The first-order valence-corrected chi connectivity index (χ1v) is 8.01. The van der Waals surface area contributed by atoms with E-state index in [-0.39, 0.29) is 10.5 Å². The summed E-state index contributed by atoms with van der Waals surface area (Å²) >= 11 is 0. The minimum absolute atomic E-state index is 0.142. The molecule has 108 valence electrons. The van der Waals surface area contributed by atoms with Crippen molar-refractivity contribution in [1.29, 1.82) is 0 Å². The highest BCUT2D eigenvalue weighted by molar-refractivity contribution is 7.84. The first-order chi connectivity index (χ1) is 8.36. The molecule has 0 aromatic carbocycles. The fraction of sp³-hybridized carbons (Fsp3) is 1.00. The Morgan fingerprint density at radius 1 is 1.00 bits per heavy atom. The van der Waals surface area contributed by atoms with E-state index in [1.807, 2.05) is 20.8 Å². The van der Waals surface area contributed by atoms with Crippen molar-refractivity contribution in [2.45, 2.75) is 69.8 Å². The van der Waals surface area contributed by atoms with Crippen molar-refractivity contribution in [1.82, 2.24) is 0 Å². The lowest BCUT2D eigenvalue weighted by molar-refractivity contribution is -0.165. The lowest BCUT2D eigenvalue weighted by atomic mass is 10.1. The van der Waals surface area contributed by atoms with Gasteiger partial charge in [-0.2, -0.15) is 0 Å². The Kier molecular flexibility index (Phi) is 6.24. The number of hydrogen-bond acceptors (Lipinski definition) is 3. The number of nitrogens with two attached hydrogens (primary N) is 1. The van der Waals surface area contributed by atoms with Gasteiger partial charge in [0, 0.05) is 12.8 Å². The molecule has 5 heteroatoms. The summed E-state index contributed by atoms with van der Waals surface area (Å²) < 4.78 is 21.4. The maximum absolute atomic E-state index is 10.4. The second-order valence-electron chi connectivity index (χ2n) is 5.93. The average molecular weight is 277 g/mol. The molecule has 0 amide bonds. The molecule has 1 aliphatic heterocycles. The summed E-state index contributed by atoms with van der Waals surface area (Å²) in [5.41, 5.74) is 0. The Bertz CT molecular complexity index is 260. The van der Waals surface area contributed by atoms with E-state index in [1.165, 1.54) is 25.7 Å². The monoisotopic (exact) mass is 277 g/mol. The highest BCUT2D eigenvalue weighted by Gasteiger charge is 2.36. The van der Waals surface area contributed by atoms with Gasteiger partial charge in [-0.05, 0) is 33.6 Å². The third-order valence-corrected chi connectivity index (χ3v) is 4.49. The van der Waals surface area contributed by atoms with Crippen LogP contribution in [0.3, 0.4) is 0 Å². The van der Waals surface area contributed by atoms with E-state index < -0.39 is 11.0 Å². The Hall–Kier alpha value is 0.0300. The first-order valence-electron chi connectivity index (χ1n) is 6.80. The summed E-state index contributed by atoms with van der Waals surface area (Å²) in [5, 5.41) is 5.04. The molecule has 1 atom stereocenters. The Morgan fingerprint density at radius 3 is 1.72 bits per heavy atom. The van der Waals surface area contributed by atoms with Crippen LogP contribution >= 0.6 is 0 Å². The van der Waals surface area contributed by atoms with Crippen LogP contribution in [0.15, 0.2) is 0 Å². The highest BCUT2D eigenvalue weighted by Crippen LogP contribution is 2.34. The van der Waals surface area contributed by atoms with Crippen LogP contribution < -0.4 is 5.14 Å². The summed E-state index contributed by atoms with van der Waals surface area (Å²) in [4.78, 5) is 0. The predicted octanol–water partition coefficient (Wildman–Crippen LogP) is 2.49. The van der Waals surface area contributed by atoms with Crippen LogP contribution in [0.1, 0.15) is 59.3 Å². The topological polar surface area (TPSA) is 61.6 Å². The van der Waals surface area contributed by atoms with Gasteiger partial charge in [-0.25, -0.2) is 4.21 Å². The van der Waals surface area contributed by atoms with Crippen LogP contribution in [0.4, 0.5) is 0 Å². The number of ether oxygens (including phenoxy) is 2. The molecule has 1 unspecified atom stereocenters. The summed E-state index contributed by atoms with van der Waals surface area (Å²) in [7, 11) is -1.18. The zero-order chi connectivity index (χ0) is 13.6. The fourth-order valence-corrected chi connectivity index (χ4v) is 2.05. The molecule has 0 radical (unpaired) electrons. The van der Waals surface area contributed by atoms with E-state index in [4.69, 9.17) is 14.6 Å². The summed E-state index contributed by atoms with van der Waals surface area (Å²) in [5.74, 6) is -0.142. The zero-order valence-corrected chi connectivity index (χ0v) is 12.7. The Balaban J connectivity index is 0.000000203. The minimum atomic E-state index is -1.18. The fourth-order valence-electron chi connectivity index (χ4n) is 2.05. The van der Waals surface area contributed by atoms with Crippen LogP contribution in [0.2, 0.25) is 0 Å². The molecule has 2 rings (SSSR count). The van der Waals surface area contributed by atoms with Crippen LogP contribution in [0, 0.1) is 0 Å². The molecule has 4 nitrogen and oxygen atoms in total. The number of rotatable bonds is 0. The molecule has 18 heavy (non-hydrogen) atoms. The Morgan fingerprint density at radius 2 is 1.39 bits per heavy atom. The van der Waals surface area contributed by atoms with Crippen molar-refractivity contribution in [3.05, 3.63) is 0 Å². The van der Waals surface area contributed by atoms with Gasteiger partial charge < -0.3 is 9.47 Å². The predicted molar refractivity (Wildman–Crippen MR) is 74.4 cm³/mol. The van der Waals surface area contributed by atoms with Crippen molar-refractivity contribution >= 4 is 11.0 Å². The molecule has 1 spiro atoms. The van der Waals surface area contributed by atoms with Gasteiger partial charge in [0.1, 0.15) is 0 Å². The zero-order valence-electron chi connectivity index (χ0n) is 11.9. The first kappa shape index (κ1) is 16.1. The number of hydrogen-bond donors (Lipinski definition) is 1. The molecule has 0 aromatic rings. The van der Waals surface area contributed by atoms with Gasteiger partial charge in [-0.15, -0.1) is 0 Å². The highest BCUT2D eigenvalue weighted by atomic mass is 32.2. The SMILES string of the molecule is C1CCCC2(CC1)OCCO2.CC(C)(C)S(N)=O. The van der Waals surface area contributed by atoms with Crippen molar-refractivity contribution < 1.29 is 13.7 Å². The van der Waals surface area contributed by atoms with E-state index in [9.17, 15) is 4.21 Å². The van der Waals surface area contributed by atoms with Gasteiger partial charge in [0.25, 0.3) is 0 Å². The van der Waals surface area contributed by atoms with Crippen molar-refractivity contribution in [3.8, 4) is 0 Å². The second-order valence-corrected chi connectivity index (χ2v) is 7.75. The van der Waals surface area contributed by atoms with E-state index in [2.05, 4.69) is 0 Å². The van der Waals surface area contributed by atoms with Crippen molar-refractivity contribution in [3.63, 3.8) is 0 Å². The minimum Gasteiger partial charge on any atom is -0.348 e. The molecule has 0 aromatic heterocycles. The van der Waals surface area contributed by atoms with Gasteiger partial charge in [0.05, 0.1) is 28.9 Å². The van der Waals surface area contributed by atoms with Crippen LogP contribution in [-0.2, 0) is 20.5 Å². The van der Waals surface area contributed by atoms with E-state index >= 15 is 0 Å². The van der Waals surface area contributed by atoms with Gasteiger partial charge in [0.15, 0.2) is 5.79 Å². The molecule has 1 saturated carbocycles. The van der Waals surface area contributed by atoms with Gasteiger partial charge in [-0.1, -0.05) is 12.8 Å². The third-order valence-electron chi connectivity index (χ3n) is 3.28. The lowest BCUT2D eigenvalue weighted by Crippen LogP contribution is -2.28. The molecular formula is C13H27NO3S. The van der Waals surface area contributed by atoms with Gasteiger partial charge >= 0.3 is 0 Å². The molecule has 1 aliphatic carbocycles. The smallest absolute Gasteiger partial charge is 0.168 e. The van der Waals surface area contributed by atoms with Crippen LogP contribution in [-0.4, -0.2) is 28.0 Å². The van der Waals surface area contributed by atoms with Crippen LogP contribution in [0.25, 0.3) is 0 Å².